The molecule has 0 saturated carbocycles. The zero-order valence-electron chi connectivity index (χ0n) is 15.7. The molecule has 1 fully saturated rings. The van der Waals surface area contributed by atoms with Gasteiger partial charge in [-0.05, 0) is 13.3 Å². The molecule has 0 radical (unpaired) electrons. The Morgan fingerprint density at radius 3 is 2.68 bits per heavy atom. The van der Waals surface area contributed by atoms with Gasteiger partial charge in [-0.15, -0.1) is 0 Å². The molecule has 3 amide bonds. The van der Waals surface area contributed by atoms with Crippen molar-refractivity contribution in [3.63, 3.8) is 0 Å². The van der Waals surface area contributed by atoms with Crippen LogP contribution in [0.4, 0.5) is 0 Å². The van der Waals surface area contributed by atoms with Crippen LogP contribution in [0, 0.1) is 0 Å². The zero-order valence-corrected chi connectivity index (χ0v) is 15.7. The van der Waals surface area contributed by atoms with Gasteiger partial charge in [0.05, 0.1) is 11.3 Å². The molecule has 1 unspecified atom stereocenters. The highest BCUT2D eigenvalue weighted by Gasteiger charge is 2.29. The third-order valence-corrected chi connectivity index (χ3v) is 4.78. The first-order valence-corrected chi connectivity index (χ1v) is 9.25. The number of nitrogens with two attached hydrogens (primary N) is 1. The third kappa shape index (κ3) is 4.33. The Morgan fingerprint density at radius 2 is 2.04 bits per heavy atom. The van der Waals surface area contributed by atoms with Gasteiger partial charge in [0.1, 0.15) is 6.04 Å². The second-order valence-electron chi connectivity index (χ2n) is 6.69. The lowest BCUT2D eigenvalue weighted by atomic mass is 10.1. The van der Waals surface area contributed by atoms with E-state index in [4.69, 9.17) is 5.73 Å². The highest BCUT2D eigenvalue weighted by atomic mass is 16.2. The smallest absolute Gasteiger partial charge is 0.252 e. The van der Waals surface area contributed by atoms with Crippen molar-refractivity contribution in [2.24, 2.45) is 5.73 Å². The molecule has 0 bridgehead atoms. The molecule has 8 nitrogen and oxygen atoms in total. The number of aromatic nitrogens is 2. The fraction of sp³-hybridized carbons (Fsp3) is 0.350. The predicted molar refractivity (Wildman–Crippen MR) is 103 cm³/mol. The van der Waals surface area contributed by atoms with E-state index in [0.29, 0.717) is 30.9 Å². The summed E-state index contributed by atoms with van der Waals surface area (Å²) in [7, 11) is 0. The van der Waals surface area contributed by atoms with Gasteiger partial charge in [0, 0.05) is 37.7 Å². The number of likely N-dealkylation sites (tertiary alicyclic amines) is 1. The lowest BCUT2D eigenvalue weighted by Crippen LogP contribution is -2.46. The average Bonchev–Trinajstić information content (AvgIpc) is 3.13. The quantitative estimate of drug-likeness (QED) is 0.739. The van der Waals surface area contributed by atoms with Crippen molar-refractivity contribution in [2.45, 2.75) is 32.2 Å². The molecule has 0 aliphatic carbocycles. The van der Waals surface area contributed by atoms with Crippen LogP contribution >= 0.6 is 0 Å². The summed E-state index contributed by atoms with van der Waals surface area (Å²) in [6, 6.07) is 8.88. The van der Waals surface area contributed by atoms with Crippen LogP contribution in [0.3, 0.4) is 0 Å². The molecule has 2 heterocycles. The Hall–Kier alpha value is -3.29. The van der Waals surface area contributed by atoms with Crippen LogP contribution in [0.2, 0.25) is 0 Å². The number of primary amides is 1. The Bertz CT molecular complexity index is 885. The number of nitrogens with zero attached hydrogens (tertiary/aromatic N) is 3. The summed E-state index contributed by atoms with van der Waals surface area (Å²) < 4.78 is 0. The maximum absolute atomic E-state index is 12.3. The van der Waals surface area contributed by atoms with Crippen molar-refractivity contribution < 1.29 is 14.4 Å². The van der Waals surface area contributed by atoms with Crippen molar-refractivity contribution in [2.75, 3.05) is 13.1 Å². The summed E-state index contributed by atoms with van der Waals surface area (Å²) in [5.74, 6) is -0.352. The number of benzene rings is 1. The van der Waals surface area contributed by atoms with Crippen molar-refractivity contribution >= 4 is 17.7 Å². The molecule has 2 aromatic rings. The van der Waals surface area contributed by atoms with E-state index in [1.54, 1.807) is 11.8 Å². The molecule has 28 heavy (non-hydrogen) atoms. The Morgan fingerprint density at radius 1 is 1.29 bits per heavy atom. The largest absolute Gasteiger partial charge is 0.365 e. The minimum atomic E-state index is -0.614. The molecular formula is C20H23N5O3. The molecule has 1 saturated heterocycles. The maximum atomic E-state index is 12.3. The molecule has 0 spiro atoms. The van der Waals surface area contributed by atoms with Crippen LogP contribution in [0.25, 0.3) is 11.4 Å². The number of nitrogens with one attached hydrogen (secondary N) is 1. The van der Waals surface area contributed by atoms with Crippen LogP contribution in [0.15, 0.2) is 36.5 Å². The molecular weight excluding hydrogens is 358 g/mol. The van der Waals surface area contributed by atoms with Gasteiger partial charge in [0.2, 0.25) is 11.8 Å². The Balaban J connectivity index is 1.68. The van der Waals surface area contributed by atoms with E-state index in [-0.39, 0.29) is 23.9 Å². The van der Waals surface area contributed by atoms with E-state index in [2.05, 4.69) is 15.3 Å². The van der Waals surface area contributed by atoms with E-state index in [9.17, 15) is 14.4 Å². The topological polar surface area (TPSA) is 118 Å². The summed E-state index contributed by atoms with van der Waals surface area (Å²) in [6.07, 6.45) is 3.01. The summed E-state index contributed by atoms with van der Waals surface area (Å²) in [5, 5.41) is 2.81. The number of hydrogen-bond donors (Lipinski definition) is 2. The molecule has 1 aromatic heterocycles. The van der Waals surface area contributed by atoms with Gasteiger partial charge < -0.3 is 16.0 Å². The fourth-order valence-electron chi connectivity index (χ4n) is 3.21. The molecule has 3 rings (SSSR count). The van der Waals surface area contributed by atoms with Crippen LogP contribution in [-0.4, -0.2) is 51.7 Å². The van der Waals surface area contributed by atoms with Crippen molar-refractivity contribution in [3.8, 4) is 11.4 Å². The minimum Gasteiger partial charge on any atom is -0.365 e. The SMILES string of the molecule is CC(C(=O)NCCc1nc(-c2ccccc2)ncc1C(N)=O)N1CCCC1=O. The second kappa shape index (κ2) is 8.60. The van der Waals surface area contributed by atoms with E-state index in [0.717, 1.165) is 12.0 Å². The predicted octanol–water partition coefficient (Wildman–Crippen LogP) is 0.912. The van der Waals surface area contributed by atoms with E-state index >= 15 is 0 Å². The molecule has 1 aliphatic heterocycles. The van der Waals surface area contributed by atoms with Gasteiger partial charge in [-0.25, -0.2) is 9.97 Å². The zero-order chi connectivity index (χ0) is 20.1. The number of amides is 3. The van der Waals surface area contributed by atoms with Gasteiger partial charge in [0.25, 0.3) is 5.91 Å². The van der Waals surface area contributed by atoms with Crippen LogP contribution in [0.1, 0.15) is 35.8 Å². The number of hydrogen-bond acceptors (Lipinski definition) is 5. The first kappa shape index (κ1) is 19.5. The molecule has 8 heteroatoms. The van der Waals surface area contributed by atoms with Gasteiger partial charge >= 0.3 is 0 Å². The standard InChI is InChI=1S/C20H23N5O3/c1-13(25-11-5-8-17(25)26)20(28)22-10-9-16-15(18(21)27)12-23-19(24-16)14-6-3-2-4-7-14/h2-4,6-7,12-13H,5,8-11H2,1H3,(H2,21,27)(H,22,28). The lowest BCUT2D eigenvalue weighted by molar-refractivity contribution is -0.136. The van der Waals surface area contributed by atoms with E-state index in [1.165, 1.54) is 6.20 Å². The van der Waals surface area contributed by atoms with Crippen LogP contribution in [0.5, 0.6) is 0 Å². The van der Waals surface area contributed by atoms with Crippen molar-refractivity contribution in [1.82, 2.24) is 20.2 Å². The van der Waals surface area contributed by atoms with E-state index < -0.39 is 11.9 Å². The molecule has 1 aromatic carbocycles. The first-order chi connectivity index (χ1) is 13.5. The summed E-state index contributed by atoms with van der Waals surface area (Å²) in [5.41, 5.74) is 6.97. The minimum absolute atomic E-state index is 0.00182. The third-order valence-electron chi connectivity index (χ3n) is 4.78. The monoisotopic (exact) mass is 381 g/mol. The van der Waals surface area contributed by atoms with Gasteiger partial charge in [0.15, 0.2) is 5.82 Å². The number of rotatable bonds is 7. The molecule has 1 atom stereocenters. The molecule has 1 aliphatic rings. The number of carbonyl (C=O) groups is 3. The summed E-state index contributed by atoms with van der Waals surface area (Å²) >= 11 is 0. The van der Waals surface area contributed by atoms with E-state index in [1.807, 2.05) is 30.3 Å². The summed E-state index contributed by atoms with van der Waals surface area (Å²) in [6.45, 7) is 2.59. The maximum Gasteiger partial charge on any atom is 0.252 e. The van der Waals surface area contributed by atoms with Crippen molar-refractivity contribution in [1.29, 1.82) is 0 Å². The highest BCUT2D eigenvalue weighted by molar-refractivity contribution is 5.93. The van der Waals surface area contributed by atoms with Gasteiger partial charge in [-0.2, -0.15) is 0 Å². The summed E-state index contributed by atoms with van der Waals surface area (Å²) in [4.78, 5) is 46.1. The lowest BCUT2D eigenvalue weighted by Gasteiger charge is -2.23. The van der Waals surface area contributed by atoms with Crippen LogP contribution in [-0.2, 0) is 16.0 Å². The average molecular weight is 381 g/mol. The van der Waals surface area contributed by atoms with Gasteiger partial charge in [-0.3, -0.25) is 14.4 Å². The van der Waals surface area contributed by atoms with Crippen molar-refractivity contribution in [3.05, 3.63) is 47.8 Å². The Labute approximate surface area is 163 Å². The van der Waals surface area contributed by atoms with Gasteiger partial charge in [-0.1, -0.05) is 30.3 Å². The first-order valence-electron chi connectivity index (χ1n) is 9.25. The normalized spacial score (nSPS) is 14.8. The van der Waals surface area contributed by atoms with Crippen LogP contribution < -0.4 is 11.1 Å². The number of carbonyl (C=O) groups excluding carboxylic acids is 3. The fourth-order valence-corrected chi connectivity index (χ4v) is 3.21. The Kier molecular flexibility index (Phi) is 5.98. The molecule has 3 N–H and O–H groups in total. The second-order valence-corrected chi connectivity index (χ2v) is 6.69. The molecule has 146 valence electrons. The highest BCUT2D eigenvalue weighted by Crippen LogP contribution is 2.17.